The molecule has 0 fully saturated rings. The van der Waals surface area contributed by atoms with Crippen LogP contribution in [0.2, 0.25) is 0 Å². The van der Waals surface area contributed by atoms with Crippen molar-refractivity contribution in [3.8, 4) is 11.3 Å². The maximum absolute atomic E-state index is 10.4. The van der Waals surface area contributed by atoms with Crippen LogP contribution in [0.1, 0.15) is 13.3 Å². The van der Waals surface area contributed by atoms with E-state index >= 15 is 0 Å². The highest BCUT2D eigenvalue weighted by Crippen LogP contribution is 1.81. The number of esters is 1. The highest BCUT2D eigenvalue weighted by molar-refractivity contribution is 6.30. The van der Waals surface area contributed by atoms with Gasteiger partial charge >= 0.3 is 5.97 Å². The maximum atomic E-state index is 10.4. The molecule has 0 amide bonds. The second-order valence-corrected chi connectivity index (χ2v) is 1.47. The van der Waals surface area contributed by atoms with Gasteiger partial charge in [-0.25, -0.2) is 0 Å². The summed E-state index contributed by atoms with van der Waals surface area (Å²) in [6.45, 7) is 1.81. The minimum Gasteiger partial charge on any atom is -0.452 e. The fourth-order valence-electron chi connectivity index (χ4n) is 0.246. The normalized spacial score (nSPS) is 7.33. The highest BCUT2D eigenvalue weighted by atomic mass is 35.5. The lowest BCUT2D eigenvalue weighted by Gasteiger charge is -1.93. The van der Waals surface area contributed by atoms with Gasteiger partial charge in [0.15, 0.2) is 6.61 Å². The van der Waals surface area contributed by atoms with E-state index in [1.165, 1.54) is 0 Å². The van der Waals surface area contributed by atoms with Crippen LogP contribution in [-0.2, 0) is 9.53 Å². The third-order valence-electron chi connectivity index (χ3n) is 0.661. The molecule has 50 valence electrons. The van der Waals surface area contributed by atoms with Gasteiger partial charge in [-0.1, -0.05) is 6.92 Å². The average molecular weight is 147 g/mol. The van der Waals surface area contributed by atoms with E-state index in [-0.39, 0.29) is 12.6 Å². The van der Waals surface area contributed by atoms with Crippen LogP contribution in [-0.4, -0.2) is 12.6 Å². The van der Waals surface area contributed by atoms with Gasteiger partial charge in [0, 0.05) is 11.8 Å². The van der Waals surface area contributed by atoms with Crippen LogP contribution < -0.4 is 0 Å². The van der Waals surface area contributed by atoms with E-state index in [0.29, 0.717) is 6.42 Å². The summed E-state index contributed by atoms with van der Waals surface area (Å²) in [6.07, 6.45) is 0.379. The Labute approximate surface area is 59.1 Å². The molecule has 0 aromatic carbocycles. The highest BCUT2D eigenvalue weighted by Gasteiger charge is 1.92. The summed E-state index contributed by atoms with van der Waals surface area (Å²) in [5.41, 5.74) is 0. The van der Waals surface area contributed by atoms with Crippen molar-refractivity contribution in [2.45, 2.75) is 13.3 Å². The fourth-order valence-corrected chi connectivity index (χ4v) is 0.300. The molecule has 0 bridgehead atoms. The topological polar surface area (TPSA) is 26.3 Å². The van der Waals surface area contributed by atoms with Gasteiger partial charge in [0.05, 0.1) is 0 Å². The summed E-state index contributed by atoms with van der Waals surface area (Å²) in [4.78, 5) is 10.4. The van der Waals surface area contributed by atoms with E-state index in [1.54, 1.807) is 6.92 Å². The lowest BCUT2D eigenvalue weighted by atomic mass is 10.5. The van der Waals surface area contributed by atoms with Crippen molar-refractivity contribution in [3.63, 3.8) is 0 Å². The Balaban J connectivity index is 3.24. The fraction of sp³-hybridized carbons (Fsp3) is 0.500. The molecule has 0 saturated heterocycles. The SMILES string of the molecule is CCC(=O)OCC#CCl. The number of hydrogen-bond donors (Lipinski definition) is 0. The number of halogens is 1. The van der Waals surface area contributed by atoms with Gasteiger partial charge in [-0.3, -0.25) is 4.79 Å². The van der Waals surface area contributed by atoms with Gasteiger partial charge < -0.3 is 4.74 Å². The molecule has 0 aliphatic heterocycles. The standard InChI is InChI=1S/C6H7ClO2/c1-2-6(8)9-5-3-4-7/h2,5H2,1H3. The van der Waals surface area contributed by atoms with Crippen LogP contribution in [0.5, 0.6) is 0 Å². The molecule has 0 spiro atoms. The molecule has 0 aliphatic carbocycles. The lowest BCUT2D eigenvalue weighted by molar-refractivity contribution is -0.141. The number of carbonyl (C=O) groups excluding carboxylic acids is 1. The molecular weight excluding hydrogens is 140 g/mol. The first-order chi connectivity index (χ1) is 4.31. The monoisotopic (exact) mass is 146 g/mol. The predicted molar refractivity (Wildman–Crippen MR) is 34.9 cm³/mol. The maximum Gasteiger partial charge on any atom is 0.306 e. The number of hydrogen-bond acceptors (Lipinski definition) is 2. The Kier molecular flexibility index (Phi) is 5.04. The summed E-state index contributed by atoms with van der Waals surface area (Å²) < 4.78 is 4.53. The van der Waals surface area contributed by atoms with E-state index in [0.717, 1.165) is 0 Å². The summed E-state index contributed by atoms with van der Waals surface area (Å²) in [5, 5.41) is 2.09. The van der Waals surface area contributed by atoms with Crippen molar-refractivity contribution in [2.75, 3.05) is 6.61 Å². The first-order valence-electron chi connectivity index (χ1n) is 2.55. The summed E-state index contributed by atoms with van der Waals surface area (Å²) in [6, 6.07) is 0. The van der Waals surface area contributed by atoms with Crippen molar-refractivity contribution in [1.82, 2.24) is 0 Å². The van der Waals surface area contributed by atoms with Gasteiger partial charge in [-0.15, -0.1) is 0 Å². The molecule has 0 unspecified atom stereocenters. The van der Waals surface area contributed by atoms with Gasteiger partial charge in [0.1, 0.15) is 0 Å². The quantitative estimate of drug-likeness (QED) is 0.432. The van der Waals surface area contributed by atoms with Crippen LogP contribution >= 0.6 is 11.6 Å². The number of ether oxygens (including phenoxy) is 1. The second-order valence-electron chi connectivity index (χ2n) is 1.29. The van der Waals surface area contributed by atoms with Gasteiger partial charge in [-0.2, -0.15) is 0 Å². The van der Waals surface area contributed by atoms with Gasteiger partial charge in [0.25, 0.3) is 0 Å². The van der Waals surface area contributed by atoms with Crippen molar-refractivity contribution < 1.29 is 9.53 Å². The van der Waals surface area contributed by atoms with Crippen molar-refractivity contribution >= 4 is 17.6 Å². The minimum absolute atomic E-state index is 0.0934. The molecule has 0 aliphatic rings. The van der Waals surface area contributed by atoms with E-state index in [1.807, 2.05) is 0 Å². The molecular formula is C6H7ClO2. The zero-order valence-corrected chi connectivity index (χ0v) is 5.86. The summed E-state index contributed by atoms with van der Waals surface area (Å²) in [5.74, 6) is 2.13. The van der Waals surface area contributed by atoms with Gasteiger partial charge in [0.2, 0.25) is 0 Å². The molecule has 0 heterocycles. The van der Waals surface area contributed by atoms with Crippen LogP contribution in [0.3, 0.4) is 0 Å². The number of carbonyl (C=O) groups is 1. The molecule has 0 radical (unpaired) electrons. The minimum atomic E-state index is -0.255. The zero-order valence-electron chi connectivity index (χ0n) is 5.11. The second kappa shape index (κ2) is 5.46. The molecule has 9 heavy (non-hydrogen) atoms. The molecule has 0 N–H and O–H groups in total. The zero-order chi connectivity index (χ0) is 7.11. The van der Waals surface area contributed by atoms with Crippen LogP contribution in [0.15, 0.2) is 0 Å². The van der Waals surface area contributed by atoms with Crippen molar-refractivity contribution in [1.29, 1.82) is 0 Å². The van der Waals surface area contributed by atoms with E-state index in [9.17, 15) is 4.79 Å². The van der Waals surface area contributed by atoms with Gasteiger partial charge in [-0.05, 0) is 17.5 Å². The molecule has 2 nitrogen and oxygen atoms in total. The molecule has 0 atom stereocenters. The first kappa shape index (κ1) is 8.32. The summed E-state index contributed by atoms with van der Waals surface area (Å²) in [7, 11) is 0. The van der Waals surface area contributed by atoms with Crippen LogP contribution in [0.4, 0.5) is 0 Å². The first-order valence-corrected chi connectivity index (χ1v) is 2.93. The largest absolute Gasteiger partial charge is 0.452 e. The lowest BCUT2D eigenvalue weighted by Crippen LogP contribution is -2.01. The Morgan fingerprint density at radius 1 is 1.78 bits per heavy atom. The Bertz CT molecular complexity index is 143. The van der Waals surface area contributed by atoms with E-state index in [4.69, 9.17) is 11.6 Å². The van der Waals surface area contributed by atoms with E-state index < -0.39 is 0 Å². The third kappa shape index (κ3) is 5.19. The predicted octanol–water partition coefficient (Wildman–Crippen LogP) is 1.14. The van der Waals surface area contributed by atoms with Crippen molar-refractivity contribution in [3.05, 3.63) is 0 Å². The molecule has 3 heteroatoms. The molecule has 0 aromatic heterocycles. The van der Waals surface area contributed by atoms with Crippen LogP contribution in [0, 0.1) is 11.3 Å². The Hall–Kier alpha value is -0.680. The molecule has 0 saturated carbocycles. The van der Waals surface area contributed by atoms with E-state index in [2.05, 4.69) is 16.0 Å². The Morgan fingerprint density at radius 2 is 2.44 bits per heavy atom. The molecule has 0 aromatic rings. The summed E-state index contributed by atoms with van der Waals surface area (Å²) >= 11 is 4.98. The average Bonchev–Trinajstić information content (AvgIpc) is 1.89. The van der Waals surface area contributed by atoms with Crippen molar-refractivity contribution in [2.24, 2.45) is 0 Å². The molecule has 0 rings (SSSR count). The third-order valence-corrected chi connectivity index (χ3v) is 0.794. The Morgan fingerprint density at radius 3 is 2.89 bits per heavy atom. The number of rotatable bonds is 2. The van der Waals surface area contributed by atoms with Crippen LogP contribution in [0.25, 0.3) is 0 Å². The smallest absolute Gasteiger partial charge is 0.306 e.